The van der Waals surface area contributed by atoms with Crippen molar-refractivity contribution in [3.8, 4) is 0 Å². The van der Waals surface area contributed by atoms with Crippen LogP contribution in [0.3, 0.4) is 0 Å². The highest BCUT2D eigenvalue weighted by atomic mass is 79.9. The molecule has 0 unspecified atom stereocenters. The Kier molecular flexibility index (Phi) is 3.01. The van der Waals surface area contributed by atoms with Gasteiger partial charge in [0, 0.05) is 10.5 Å². The lowest BCUT2D eigenvalue weighted by Crippen LogP contribution is -2.36. The minimum Gasteiger partial charge on any atom is -0.267 e. The third-order valence-electron chi connectivity index (χ3n) is 2.86. The van der Waals surface area contributed by atoms with Gasteiger partial charge in [0.15, 0.2) is 0 Å². The van der Waals surface area contributed by atoms with E-state index in [-0.39, 0.29) is 11.8 Å². The zero-order valence-corrected chi connectivity index (χ0v) is 11.7. The molecule has 0 aliphatic carbocycles. The molecule has 0 spiro atoms. The highest BCUT2D eigenvalue weighted by Crippen LogP contribution is 2.36. The minimum absolute atomic E-state index is 0.0225. The molecule has 0 bridgehead atoms. The summed E-state index contributed by atoms with van der Waals surface area (Å²) < 4.78 is 26.5. The van der Waals surface area contributed by atoms with Crippen LogP contribution in [0.2, 0.25) is 0 Å². The minimum atomic E-state index is -3.16. The fourth-order valence-electron chi connectivity index (χ4n) is 2.13. The molecular formula is C11H14BrNO2S. The highest BCUT2D eigenvalue weighted by molar-refractivity contribution is 9.10. The molecule has 1 atom stereocenters. The van der Waals surface area contributed by atoms with Crippen LogP contribution >= 0.6 is 15.9 Å². The van der Waals surface area contributed by atoms with Crippen molar-refractivity contribution in [1.29, 1.82) is 0 Å². The third kappa shape index (κ3) is 1.86. The first kappa shape index (κ1) is 11.9. The highest BCUT2D eigenvalue weighted by Gasteiger charge is 2.33. The monoisotopic (exact) mass is 303 g/mol. The van der Waals surface area contributed by atoms with Crippen LogP contribution in [-0.4, -0.2) is 20.2 Å². The topological polar surface area (TPSA) is 37.4 Å². The molecule has 2 rings (SSSR count). The first-order chi connectivity index (χ1) is 7.45. The fraction of sp³-hybridized carbons (Fsp3) is 0.455. The lowest BCUT2D eigenvalue weighted by Gasteiger charge is -2.23. The van der Waals surface area contributed by atoms with Crippen LogP contribution in [0.5, 0.6) is 0 Å². The maximum absolute atomic E-state index is 12.0. The van der Waals surface area contributed by atoms with Gasteiger partial charge in [0.1, 0.15) is 0 Å². The molecule has 0 saturated heterocycles. The Morgan fingerprint density at radius 3 is 2.81 bits per heavy atom. The molecule has 0 radical (unpaired) electrons. The summed E-state index contributed by atoms with van der Waals surface area (Å²) in [6.07, 6.45) is 0.786. The predicted octanol–water partition coefficient (Wildman–Crippen LogP) is 2.55. The maximum atomic E-state index is 12.0. The Morgan fingerprint density at radius 2 is 2.19 bits per heavy atom. The zero-order valence-electron chi connectivity index (χ0n) is 9.27. The average Bonchev–Trinajstić information content (AvgIpc) is 2.53. The zero-order chi connectivity index (χ0) is 11.9. The number of fused-ring (bicyclic) bond motifs is 1. The second-order valence-corrected chi connectivity index (χ2v) is 7.07. The van der Waals surface area contributed by atoms with Gasteiger partial charge in [0.05, 0.1) is 11.4 Å². The molecule has 0 N–H and O–H groups in total. The van der Waals surface area contributed by atoms with Crippen molar-refractivity contribution in [3.05, 3.63) is 28.2 Å². The van der Waals surface area contributed by atoms with Gasteiger partial charge in [-0.05, 0) is 44.0 Å². The van der Waals surface area contributed by atoms with Gasteiger partial charge in [0.25, 0.3) is 0 Å². The molecule has 0 fully saturated rings. The van der Waals surface area contributed by atoms with Crippen LogP contribution < -0.4 is 4.31 Å². The summed E-state index contributed by atoms with van der Waals surface area (Å²) in [6, 6.07) is 5.77. The quantitative estimate of drug-likeness (QED) is 0.842. The SMILES string of the molecule is CCS(=O)(=O)N1c2ccc(Br)cc2C[C@H]1C. The molecule has 1 aromatic rings. The summed E-state index contributed by atoms with van der Waals surface area (Å²) in [5, 5.41) is 0. The second kappa shape index (κ2) is 4.04. The van der Waals surface area contributed by atoms with Gasteiger partial charge in [-0.25, -0.2) is 8.42 Å². The van der Waals surface area contributed by atoms with E-state index in [1.807, 2.05) is 25.1 Å². The molecule has 1 aromatic carbocycles. The van der Waals surface area contributed by atoms with E-state index in [2.05, 4.69) is 15.9 Å². The summed E-state index contributed by atoms with van der Waals surface area (Å²) in [5.74, 6) is 0.146. The average molecular weight is 304 g/mol. The predicted molar refractivity (Wildman–Crippen MR) is 69.2 cm³/mol. The van der Waals surface area contributed by atoms with Gasteiger partial charge in [0.2, 0.25) is 10.0 Å². The Balaban J connectivity index is 2.53. The Bertz CT molecular complexity index is 513. The van der Waals surface area contributed by atoms with Crippen molar-refractivity contribution in [2.75, 3.05) is 10.1 Å². The van der Waals surface area contributed by atoms with Gasteiger partial charge in [-0.15, -0.1) is 0 Å². The van der Waals surface area contributed by atoms with Gasteiger partial charge in [-0.2, -0.15) is 0 Å². The number of halogens is 1. The summed E-state index contributed by atoms with van der Waals surface area (Å²) in [7, 11) is -3.16. The van der Waals surface area contributed by atoms with E-state index < -0.39 is 10.0 Å². The number of rotatable bonds is 2. The number of sulfonamides is 1. The number of hydrogen-bond donors (Lipinski definition) is 0. The first-order valence-corrected chi connectivity index (χ1v) is 7.66. The largest absolute Gasteiger partial charge is 0.267 e. The van der Waals surface area contributed by atoms with Crippen molar-refractivity contribution in [2.24, 2.45) is 0 Å². The van der Waals surface area contributed by atoms with Crippen molar-refractivity contribution in [3.63, 3.8) is 0 Å². The van der Waals surface area contributed by atoms with Crippen molar-refractivity contribution in [2.45, 2.75) is 26.3 Å². The summed E-state index contributed by atoms with van der Waals surface area (Å²) in [5.41, 5.74) is 1.93. The van der Waals surface area contributed by atoms with Gasteiger partial charge >= 0.3 is 0 Å². The maximum Gasteiger partial charge on any atom is 0.235 e. The molecule has 0 saturated carbocycles. The van der Waals surface area contributed by atoms with Gasteiger partial charge < -0.3 is 0 Å². The lowest BCUT2D eigenvalue weighted by molar-refractivity contribution is 0.585. The normalized spacial score (nSPS) is 19.9. The van der Waals surface area contributed by atoms with E-state index >= 15 is 0 Å². The molecule has 16 heavy (non-hydrogen) atoms. The van der Waals surface area contributed by atoms with Crippen LogP contribution in [0.25, 0.3) is 0 Å². The molecule has 1 aliphatic heterocycles. The third-order valence-corrected chi connectivity index (χ3v) is 5.24. The fourth-order valence-corrected chi connectivity index (χ4v) is 3.92. The van der Waals surface area contributed by atoms with Crippen molar-refractivity contribution in [1.82, 2.24) is 0 Å². The molecule has 5 heteroatoms. The van der Waals surface area contributed by atoms with Gasteiger partial charge in [-0.1, -0.05) is 15.9 Å². The van der Waals surface area contributed by atoms with Crippen LogP contribution in [0.15, 0.2) is 22.7 Å². The van der Waals surface area contributed by atoms with E-state index in [4.69, 9.17) is 0 Å². The molecule has 1 aliphatic rings. The lowest BCUT2D eigenvalue weighted by atomic mass is 10.1. The summed E-state index contributed by atoms with van der Waals surface area (Å²) in [4.78, 5) is 0. The van der Waals surface area contributed by atoms with Crippen molar-refractivity contribution < 1.29 is 8.42 Å². The Hall–Kier alpha value is -0.550. The van der Waals surface area contributed by atoms with Crippen LogP contribution in [0, 0.1) is 0 Å². The van der Waals surface area contributed by atoms with E-state index in [1.165, 1.54) is 0 Å². The number of hydrogen-bond acceptors (Lipinski definition) is 2. The smallest absolute Gasteiger partial charge is 0.235 e. The molecular weight excluding hydrogens is 290 g/mol. The molecule has 1 heterocycles. The summed E-state index contributed by atoms with van der Waals surface area (Å²) in [6.45, 7) is 3.63. The van der Waals surface area contributed by atoms with Gasteiger partial charge in [-0.3, -0.25) is 4.31 Å². The van der Waals surface area contributed by atoms with E-state index in [0.29, 0.717) is 0 Å². The van der Waals surface area contributed by atoms with Crippen LogP contribution in [0.4, 0.5) is 5.69 Å². The van der Waals surface area contributed by atoms with E-state index in [9.17, 15) is 8.42 Å². The number of anilines is 1. The number of nitrogens with zero attached hydrogens (tertiary/aromatic N) is 1. The summed E-state index contributed by atoms with van der Waals surface area (Å²) >= 11 is 3.40. The van der Waals surface area contributed by atoms with E-state index in [0.717, 1.165) is 22.1 Å². The standard InChI is InChI=1S/C11H14BrNO2S/c1-3-16(14,15)13-8(2)6-9-7-10(12)4-5-11(9)13/h4-5,7-8H,3,6H2,1-2H3/t8-/m1/s1. The molecule has 0 amide bonds. The van der Waals surface area contributed by atoms with Crippen molar-refractivity contribution >= 4 is 31.6 Å². The van der Waals surface area contributed by atoms with E-state index in [1.54, 1.807) is 11.2 Å². The Labute approximate surface area is 105 Å². The first-order valence-electron chi connectivity index (χ1n) is 5.26. The molecule has 0 aromatic heterocycles. The number of benzene rings is 1. The van der Waals surface area contributed by atoms with Crippen LogP contribution in [-0.2, 0) is 16.4 Å². The molecule has 3 nitrogen and oxygen atoms in total. The second-order valence-electron chi connectivity index (χ2n) is 4.02. The Morgan fingerprint density at radius 1 is 1.50 bits per heavy atom. The molecule has 88 valence electrons. The van der Waals surface area contributed by atoms with Crippen LogP contribution in [0.1, 0.15) is 19.4 Å².